The molecule has 1 heterocycles. The molecular weight excluding hydrogens is 174 g/mol. The molecule has 0 atom stereocenters. The number of ketones is 1. The number of Topliss-reactive ketones (excluding diaryl/α,β-unsaturated/α-hetero) is 1. The predicted molar refractivity (Wildman–Crippen MR) is 53.5 cm³/mol. The molecule has 2 aliphatic carbocycles. The number of hydrogen-bond acceptors (Lipinski definition) is 2. The fraction of sp³-hybridized carbons (Fsp3) is 0.500. The van der Waals surface area contributed by atoms with E-state index in [0.717, 1.165) is 24.1 Å². The standard InChI is InChI=1S/C12H13NO/c14-12-3-1-2-11-9(12)6-7-10(13-11)8-4-5-8/h6-8H,1-5H2. The molecule has 0 unspecified atom stereocenters. The molecule has 0 aromatic carbocycles. The molecule has 1 fully saturated rings. The van der Waals surface area contributed by atoms with E-state index < -0.39 is 0 Å². The van der Waals surface area contributed by atoms with E-state index >= 15 is 0 Å². The average Bonchev–Trinajstić information content (AvgIpc) is 3.01. The Morgan fingerprint density at radius 1 is 1.21 bits per heavy atom. The highest BCUT2D eigenvalue weighted by molar-refractivity contribution is 5.97. The first-order valence-corrected chi connectivity index (χ1v) is 5.37. The molecule has 0 amide bonds. The molecule has 2 nitrogen and oxygen atoms in total. The third-order valence-electron chi connectivity index (χ3n) is 3.11. The molecule has 1 saturated carbocycles. The van der Waals surface area contributed by atoms with Crippen molar-refractivity contribution < 1.29 is 4.79 Å². The van der Waals surface area contributed by atoms with Crippen molar-refractivity contribution in [2.45, 2.75) is 38.0 Å². The van der Waals surface area contributed by atoms with Crippen molar-refractivity contribution >= 4 is 5.78 Å². The van der Waals surface area contributed by atoms with Crippen LogP contribution in [0.5, 0.6) is 0 Å². The normalized spacial score (nSPS) is 20.7. The number of aromatic nitrogens is 1. The van der Waals surface area contributed by atoms with Crippen LogP contribution < -0.4 is 0 Å². The first-order valence-electron chi connectivity index (χ1n) is 5.37. The number of nitrogens with zero attached hydrogens (tertiary/aromatic N) is 1. The van der Waals surface area contributed by atoms with Gasteiger partial charge in [-0.2, -0.15) is 0 Å². The van der Waals surface area contributed by atoms with E-state index in [-0.39, 0.29) is 5.78 Å². The molecule has 0 spiro atoms. The van der Waals surface area contributed by atoms with Crippen LogP contribution in [0.2, 0.25) is 0 Å². The molecule has 14 heavy (non-hydrogen) atoms. The van der Waals surface area contributed by atoms with Crippen molar-refractivity contribution in [3.63, 3.8) is 0 Å². The van der Waals surface area contributed by atoms with Crippen molar-refractivity contribution in [1.29, 1.82) is 0 Å². The van der Waals surface area contributed by atoms with E-state index in [4.69, 9.17) is 0 Å². The molecule has 1 aromatic rings. The zero-order valence-electron chi connectivity index (χ0n) is 8.12. The SMILES string of the molecule is O=C1CCCc2nc(C3CC3)ccc21. The number of aryl methyl sites for hydroxylation is 1. The molecular formula is C12H13NO. The third-order valence-corrected chi connectivity index (χ3v) is 3.11. The highest BCUT2D eigenvalue weighted by Crippen LogP contribution is 2.39. The van der Waals surface area contributed by atoms with Gasteiger partial charge in [0.05, 0.1) is 5.69 Å². The van der Waals surface area contributed by atoms with Gasteiger partial charge in [-0.25, -0.2) is 0 Å². The van der Waals surface area contributed by atoms with Crippen LogP contribution >= 0.6 is 0 Å². The highest BCUT2D eigenvalue weighted by Gasteiger charge is 2.27. The maximum Gasteiger partial charge on any atom is 0.164 e. The zero-order chi connectivity index (χ0) is 9.54. The fourth-order valence-corrected chi connectivity index (χ4v) is 2.12. The lowest BCUT2D eigenvalue weighted by molar-refractivity contribution is 0.0971. The van der Waals surface area contributed by atoms with Gasteiger partial charge in [-0.15, -0.1) is 0 Å². The number of pyridine rings is 1. The molecule has 0 saturated heterocycles. The maximum atomic E-state index is 11.5. The second-order valence-corrected chi connectivity index (χ2v) is 4.28. The van der Waals surface area contributed by atoms with Crippen LogP contribution in [0.4, 0.5) is 0 Å². The number of rotatable bonds is 1. The molecule has 3 rings (SSSR count). The predicted octanol–water partition coefficient (Wildman–Crippen LogP) is 2.48. The van der Waals surface area contributed by atoms with Gasteiger partial charge < -0.3 is 0 Å². The molecule has 72 valence electrons. The lowest BCUT2D eigenvalue weighted by Gasteiger charge is -2.14. The molecule has 0 bridgehead atoms. The van der Waals surface area contributed by atoms with Crippen LogP contribution in [0.15, 0.2) is 12.1 Å². The second-order valence-electron chi connectivity index (χ2n) is 4.28. The largest absolute Gasteiger partial charge is 0.294 e. The number of fused-ring (bicyclic) bond motifs is 1. The van der Waals surface area contributed by atoms with E-state index in [0.29, 0.717) is 12.3 Å². The van der Waals surface area contributed by atoms with E-state index in [1.165, 1.54) is 18.5 Å². The van der Waals surface area contributed by atoms with Crippen LogP contribution in [-0.4, -0.2) is 10.8 Å². The minimum atomic E-state index is 0.279. The van der Waals surface area contributed by atoms with Crippen molar-refractivity contribution in [3.05, 3.63) is 29.1 Å². The lowest BCUT2D eigenvalue weighted by atomic mass is 9.94. The van der Waals surface area contributed by atoms with E-state index in [1.807, 2.05) is 12.1 Å². The number of carbonyl (C=O) groups excluding carboxylic acids is 1. The summed E-state index contributed by atoms with van der Waals surface area (Å²) in [6, 6.07) is 4.02. The smallest absolute Gasteiger partial charge is 0.164 e. The summed E-state index contributed by atoms with van der Waals surface area (Å²) in [5.74, 6) is 0.971. The summed E-state index contributed by atoms with van der Waals surface area (Å²) in [5.41, 5.74) is 3.13. The molecule has 0 radical (unpaired) electrons. The van der Waals surface area contributed by atoms with Gasteiger partial charge in [-0.3, -0.25) is 9.78 Å². The van der Waals surface area contributed by atoms with Gasteiger partial charge in [0.1, 0.15) is 0 Å². The second kappa shape index (κ2) is 2.91. The highest BCUT2D eigenvalue weighted by atomic mass is 16.1. The zero-order valence-corrected chi connectivity index (χ0v) is 8.12. The molecule has 0 N–H and O–H groups in total. The van der Waals surface area contributed by atoms with Gasteiger partial charge in [0.25, 0.3) is 0 Å². The maximum absolute atomic E-state index is 11.5. The quantitative estimate of drug-likeness (QED) is 0.676. The van der Waals surface area contributed by atoms with Crippen LogP contribution in [0.1, 0.15) is 53.3 Å². The van der Waals surface area contributed by atoms with Crippen LogP contribution in [0.25, 0.3) is 0 Å². The van der Waals surface area contributed by atoms with Crippen molar-refractivity contribution in [2.24, 2.45) is 0 Å². The lowest BCUT2D eigenvalue weighted by Crippen LogP contribution is -2.13. The van der Waals surface area contributed by atoms with Gasteiger partial charge in [0.15, 0.2) is 5.78 Å². The van der Waals surface area contributed by atoms with Gasteiger partial charge in [0, 0.05) is 23.6 Å². The fourth-order valence-electron chi connectivity index (χ4n) is 2.12. The summed E-state index contributed by atoms with van der Waals surface area (Å²) < 4.78 is 0. The van der Waals surface area contributed by atoms with Crippen molar-refractivity contribution in [2.75, 3.05) is 0 Å². The van der Waals surface area contributed by atoms with E-state index in [1.54, 1.807) is 0 Å². The minimum Gasteiger partial charge on any atom is -0.294 e. The Bertz CT molecular complexity index is 393. The average molecular weight is 187 g/mol. The van der Waals surface area contributed by atoms with Crippen LogP contribution in [0.3, 0.4) is 0 Å². The molecule has 2 aliphatic rings. The van der Waals surface area contributed by atoms with Gasteiger partial charge >= 0.3 is 0 Å². The Morgan fingerprint density at radius 2 is 2.07 bits per heavy atom. The van der Waals surface area contributed by atoms with E-state index in [2.05, 4.69) is 4.98 Å². The Balaban J connectivity index is 2.04. The summed E-state index contributed by atoms with van der Waals surface area (Å²) in [7, 11) is 0. The first kappa shape index (κ1) is 8.16. The first-order chi connectivity index (χ1) is 6.84. The summed E-state index contributed by atoms with van der Waals surface area (Å²) in [6.07, 6.45) is 5.23. The van der Waals surface area contributed by atoms with Crippen molar-refractivity contribution in [1.82, 2.24) is 4.98 Å². The Labute approximate surface area is 83.4 Å². The summed E-state index contributed by atoms with van der Waals surface area (Å²) >= 11 is 0. The van der Waals surface area contributed by atoms with Gasteiger partial charge in [-0.05, 0) is 37.8 Å². The summed E-state index contributed by atoms with van der Waals surface area (Å²) in [5, 5.41) is 0. The Morgan fingerprint density at radius 3 is 2.86 bits per heavy atom. The Kier molecular flexibility index (Phi) is 1.69. The molecule has 1 aromatic heterocycles. The number of hydrogen-bond donors (Lipinski definition) is 0. The van der Waals surface area contributed by atoms with Crippen LogP contribution in [0, 0.1) is 0 Å². The minimum absolute atomic E-state index is 0.279. The summed E-state index contributed by atoms with van der Waals surface area (Å²) in [6.45, 7) is 0. The third kappa shape index (κ3) is 1.26. The Hall–Kier alpha value is -1.18. The topological polar surface area (TPSA) is 30.0 Å². The summed E-state index contributed by atoms with van der Waals surface area (Å²) in [4.78, 5) is 16.1. The molecule has 2 heteroatoms. The van der Waals surface area contributed by atoms with Gasteiger partial charge in [0.2, 0.25) is 0 Å². The number of carbonyl (C=O) groups is 1. The molecule has 0 aliphatic heterocycles. The van der Waals surface area contributed by atoms with E-state index in [9.17, 15) is 4.79 Å². The van der Waals surface area contributed by atoms with Gasteiger partial charge in [-0.1, -0.05) is 0 Å². The van der Waals surface area contributed by atoms with Crippen LogP contribution in [-0.2, 0) is 6.42 Å². The monoisotopic (exact) mass is 187 g/mol. The van der Waals surface area contributed by atoms with Crippen molar-refractivity contribution in [3.8, 4) is 0 Å².